The fourth-order valence-corrected chi connectivity index (χ4v) is 21.3. The average Bonchev–Trinajstić information content (AvgIpc) is 2.72. The van der Waals surface area contributed by atoms with E-state index in [9.17, 15) is 0 Å². The SMILES string of the molecule is CCCCC1C2CC3CC(C2)CC1([P+]1(C24CC5CC(CC(C5)C2)C4)CCCCC1)C3. The highest BCUT2D eigenvalue weighted by Crippen LogP contribution is 2.91. The van der Waals surface area contributed by atoms with Crippen LogP contribution in [0.15, 0.2) is 0 Å². The number of hydrogen-bond acceptors (Lipinski definition) is 0. The molecule has 0 aromatic rings. The van der Waals surface area contributed by atoms with Crippen LogP contribution >= 0.6 is 7.26 Å². The lowest BCUT2D eigenvalue weighted by Gasteiger charge is -2.71. The van der Waals surface area contributed by atoms with Crippen molar-refractivity contribution in [1.82, 2.24) is 0 Å². The first-order valence-corrected chi connectivity index (χ1v) is 16.7. The Morgan fingerprint density at radius 3 is 1.73 bits per heavy atom. The van der Waals surface area contributed by atoms with Crippen LogP contribution in [0.5, 0.6) is 0 Å². The molecule has 0 radical (unpaired) electrons. The second kappa shape index (κ2) is 6.97. The summed E-state index contributed by atoms with van der Waals surface area (Å²) < 4.78 is 0. The summed E-state index contributed by atoms with van der Waals surface area (Å²) in [6, 6.07) is 0. The topological polar surface area (TPSA) is 0 Å². The van der Waals surface area contributed by atoms with Crippen LogP contribution in [0.2, 0.25) is 0 Å². The molecule has 1 aliphatic heterocycles. The quantitative estimate of drug-likeness (QED) is 0.386. The molecule has 168 valence electrons. The molecule has 0 N–H and O–H groups in total. The lowest BCUT2D eigenvalue weighted by Crippen LogP contribution is -2.64. The van der Waals surface area contributed by atoms with Crippen LogP contribution in [0, 0.1) is 41.4 Å². The van der Waals surface area contributed by atoms with Gasteiger partial charge < -0.3 is 0 Å². The van der Waals surface area contributed by atoms with Gasteiger partial charge in [0, 0.05) is 13.2 Å². The van der Waals surface area contributed by atoms with Crippen LogP contribution in [-0.4, -0.2) is 22.6 Å². The fraction of sp³-hybridized carbons (Fsp3) is 1.00. The van der Waals surface area contributed by atoms with E-state index in [0.717, 1.165) is 45.8 Å². The van der Waals surface area contributed by atoms with E-state index in [2.05, 4.69) is 6.92 Å². The third-order valence-corrected chi connectivity index (χ3v) is 19.6. The van der Waals surface area contributed by atoms with E-state index in [-0.39, 0.29) is 0 Å². The molecule has 8 saturated carbocycles. The average molecular weight is 428 g/mol. The van der Waals surface area contributed by atoms with Crippen molar-refractivity contribution in [1.29, 1.82) is 0 Å². The largest absolute Gasteiger partial charge is 0.0840 e. The first-order valence-electron chi connectivity index (χ1n) is 14.5. The zero-order valence-corrected chi connectivity index (χ0v) is 20.8. The Hall–Kier alpha value is 0.430. The Balaban J connectivity index is 1.36. The standard InChI is InChI=1S/C29H48P/c1-2-3-7-27-26-14-24-13-25(15-26)20-29(27,19-24)30(8-5-4-6-9-30)28-16-21-10-22(17-28)12-23(11-21)18-28/h21-27H,2-20H2,1H3/q+1. The van der Waals surface area contributed by atoms with Crippen molar-refractivity contribution >= 4 is 7.26 Å². The van der Waals surface area contributed by atoms with E-state index in [0.29, 0.717) is 0 Å². The van der Waals surface area contributed by atoms with Gasteiger partial charge in [0.15, 0.2) is 0 Å². The van der Waals surface area contributed by atoms with Gasteiger partial charge in [-0.05, 0) is 132 Å². The van der Waals surface area contributed by atoms with Crippen molar-refractivity contribution in [3.05, 3.63) is 0 Å². The molecule has 3 atom stereocenters. The molecule has 3 unspecified atom stereocenters. The third kappa shape index (κ3) is 2.56. The van der Waals surface area contributed by atoms with Gasteiger partial charge in [0.05, 0.1) is 22.6 Å². The molecule has 0 aromatic carbocycles. The van der Waals surface area contributed by atoms with Gasteiger partial charge in [0.25, 0.3) is 0 Å². The minimum absolute atomic E-state index is 0.885. The fourth-order valence-electron chi connectivity index (χ4n) is 12.7. The van der Waals surface area contributed by atoms with E-state index in [1.54, 1.807) is 115 Å². The highest BCUT2D eigenvalue weighted by molar-refractivity contribution is 7.79. The van der Waals surface area contributed by atoms with Crippen LogP contribution in [0.25, 0.3) is 0 Å². The van der Waals surface area contributed by atoms with E-state index in [4.69, 9.17) is 0 Å². The predicted molar refractivity (Wildman–Crippen MR) is 131 cm³/mol. The maximum Gasteiger partial charge on any atom is 0.0840 e. The molecule has 8 aliphatic carbocycles. The first kappa shape index (κ1) is 19.9. The maximum atomic E-state index is 2.47. The molecule has 1 heterocycles. The van der Waals surface area contributed by atoms with Crippen molar-refractivity contribution < 1.29 is 0 Å². The Bertz CT molecular complexity index is 623. The number of rotatable bonds is 5. The highest BCUT2D eigenvalue weighted by atomic mass is 31.2. The van der Waals surface area contributed by atoms with E-state index in [1.165, 1.54) is 12.3 Å². The Labute approximate surface area is 187 Å². The van der Waals surface area contributed by atoms with E-state index in [1.807, 2.05) is 0 Å². The summed E-state index contributed by atoms with van der Waals surface area (Å²) in [6.45, 7) is 2.47. The van der Waals surface area contributed by atoms with Crippen molar-refractivity contribution in [2.45, 2.75) is 126 Å². The third-order valence-electron chi connectivity index (χ3n) is 12.7. The molecule has 0 amide bonds. The lowest BCUT2D eigenvalue weighted by atomic mass is 9.50. The summed E-state index contributed by atoms with van der Waals surface area (Å²) in [4.78, 5) is 0. The number of unbranched alkanes of at least 4 members (excludes halogenated alkanes) is 1. The molecule has 9 aliphatic rings. The zero-order chi connectivity index (χ0) is 20.0. The predicted octanol–water partition coefficient (Wildman–Crippen LogP) is 8.54. The van der Waals surface area contributed by atoms with Gasteiger partial charge in [-0.1, -0.05) is 19.8 Å². The van der Waals surface area contributed by atoms with Gasteiger partial charge >= 0.3 is 0 Å². The van der Waals surface area contributed by atoms with Gasteiger partial charge in [0.2, 0.25) is 0 Å². The normalized spacial score (nSPS) is 55.3. The van der Waals surface area contributed by atoms with Gasteiger partial charge in [-0.3, -0.25) is 0 Å². The summed E-state index contributed by atoms with van der Waals surface area (Å²) in [5.41, 5.74) is 0. The van der Waals surface area contributed by atoms with Crippen molar-refractivity contribution in [2.24, 2.45) is 41.4 Å². The molecule has 8 bridgehead atoms. The molecular formula is C29H48P+. The molecule has 0 spiro atoms. The minimum Gasteiger partial charge on any atom is -0.0654 e. The Morgan fingerprint density at radius 2 is 1.20 bits per heavy atom. The smallest absolute Gasteiger partial charge is 0.0654 e. The Morgan fingerprint density at radius 1 is 0.667 bits per heavy atom. The van der Waals surface area contributed by atoms with E-state index < -0.39 is 7.26 Å². The molecule has 1 heteroatoms. The van der Waals surface area contributed by atoms with Crippen LogP contribution in [0.3, 0.4) is 0 Å². The molecule has 9 fully saturated rings. The summed E-state index contributed by atoms with van der Waals surface area (Å²) in [5.74, 6) is 8.15. The van der Waals surface area contributed by atoms with Crippen LogP contribution in [0.1, 0.15) is 116 Å². The molecule has 30 heavy (non-hydrogen) atoms. The van der Waals surface area contributed by atoms with Crippen LogP contribution in [-0.2, 0) is 0 Å². The lowest BCUT2D eigenvalue weighted by molar-refractivity contribution is -0.0305. The summed E-state index contributed by atoms with van der Waals surface area (Å²) >= 11 is 0. The minimum atomic E-state index is -0.885. The first-order chi connectivity index (χ1) is 14.7. The second-order valence-corrected chi connectivity index (χ2v) is 18.7. The van der Waals surface area contributed by atoms with Crippen molar-refractivity contribution in [3.8, 4) is 0 Å². The molecule has 9 rings (SSSR count). The van der Waals surface area contributed by atoms with Gasteiger partial charge in [-0.25, -0.2) is 0 Å². The van der Waals surface area contributed by atoms with Gasteiger partial charge in [0.1, 0.15) is 0 Å². The highest BCUT2D eigenvalue weighted by Gasteiger charge is 2.76. The maximum absolute atomic E-state index is 2.47. The summed E-state index contributed by atoms with van der Waals surface area (Å²) in [5, 5.41) is 1.79. The molecular weight excluding hydrogens is 379 g/mol. The zero-order valence-electron chi connectivity index (χ0n) is 19.9. The summed E-state index contributed by atoms with van der Waals surface area (Å²) in [6.07, 6.45) is 31.6. The van der Waals surface area contributed by atoms with Crippen molar-refractivity contribution in [2.75, 3.05) is 12.3 Å². The second-order valence-electron chi connectivity index (χ2n) is 14.1. The molecule has 1 saturated heterocycles. The van der Waals surface area contributed by atoms with Gasteiger partial charge in [-0.15, -0.1) is 0 Å². The van der Waals surface area contributed by atoms with Crippen molar-refractivity contribution in [3.63, 3.8) is 0 Å². The van der Waals surface area contributed by atoms with Crippen LogP contribution in [0.4, 0.5) is 0 Å². The monoisotopic (exact) mass is 427 g/mol. The molecule has 0 nitrogen and oxygen atoms in total. The van der Waals surface area contributed by atoms with Gasteiger partial charge in [-0.2, -0.15) is 0 Å². The number of hydrogen-bond donors (Lipinski definition) is 0. The van der Waals surface area contributed by atoms with Crippen LogP contribution < -0.4 is 0 Å². The molecule has 0 aromatic heterocycles. The Kier molecular flexibility index (Phi) is 4.61. The van der Waals surface area contributed by atoms with E-state index >= 15 is 0 Å². The summed E-state index contributed by atoms with van der Waals surface area (Å²) in [7, 11) is -0.885.